The van der Waals surface area contributed by atoms with Crippen molar-refractivity contribution in [3.63, 3.8) is 0 Å². The topological polar surface area (TPSA) is 52.9 Å². The predicted octanol–water partition coefficient (Wildman–Crippen LogP) is 4.42. The zero-order chi connectivity index (χ0) is 14.7. The molecule has 1 unspecified atom stereocenters. The molecule has 0 fully saturated rings. The van der Waals surface area contributed by atoms with Gasteiger partial charge in [-0.15, -0.1) is 11.3 Å². The van der Waals surface area contributed by atoms with Gasteiger partial charge in [0, 0.05) is 0 Å². The fourth-order valence-corrected chi connectivity index (χ4v) is 3.16. The van der Waals surface area contributed by atoms with Crippen molar-refractivity contribution in [1.82, 2.24) is 5.32 Å². The second-order valence-electron chi connectivity index (χ2n) is 4.17. The van der Waals surface area contributed by atoms with E-state index in [0.717, 1.165) is 16.9 Å². The number of nitrogens with one attached hydrogen (secondary N) is 1. The van der Waals surface area contributed by atoms with Crippen LogP contribution in [-0.4, -0.2) is 5.91 Å². The first kappa shape index (κ1) is 14.9. The summed E-state index contributed by atoms with van der Waals surface area (Å²) in [6, 6.07) is 10.5. The lowest BCUT2D eigenvalue weighted by atomic mass is 10.1. The molecule has 1 aromatic heterocycles. The standard InChI is InChI=1S/C14H10Cl2N2OS/c1-8(10-4-2-9(7-17)3-5-10)18-14(19)11-6-12(15)20-13(11)16/h2-6,8H,1H3,(H,18,19). The minimum absolute atomic E-state index is 0.190. The van der Waals surface area contributed by atoms with E-state index in [1.165, 1.54) is 0 Å². The summed E-state index contributed by atoms with van der Waals surface area (Å²) in [4.78, 5) is 12.1. The van der Waals surface area contributed by atoms with Crippen molar-refractivity contribution in [3.05, 3.63) is 55.7 Å². The van der Waals surface area contributed by atoms with E-state index in [1.54, 1.807) is 18.2 Å². The third kappa shape index (κ3) is 3.31. The third-order valence-electron chi connectivity index (χ3n) is 2.79. The van der Waals surface area contributed by atoms with E-state index in [2.05, 4.69) is 11.4 Å². The molecule has 1 atom stereocenters. The average Bonchev–Trinajstić information content (AvgIpc) is 2.78. The van der Waals surface area contributed by atoms with Crippen LogP contribution in [0.3, 0.4) is 0 Å². The average molecular weight is 325 g/mol. The summed E-state index contributed by atoms with van der Waals surface area (Å²) in [5.41, 5.74) is 1.87. The SMILES string of the molecule is CC(NC(=O)c1cc(Cl)sc1Cl)c1ccc(C#N)cc1. The fraction of sp³-hybridized carbons (Fsp3) is 0.143. The van der Waals surface area contributed by atoms with Crippen molar-refractivity contribution < 1.29 is 4.79 Å². The summed E-state index contributed by atoms with van der Waals surface area (Å²) in [7, 11) is 0. The highest BCUT2D eigenvalue weighted by Crippen LogP contribution is 2.31. The summed E-state index contributed by atoms with van der Waals surface area (Å²) in [6.45, 7) is 1.86. The Morgan fingerprint density at radius 2 is 2.00 bits per heavy atom. The molecule has 1 aromatic carbocycles. The lowest BCUT2D eigenvalue weighted by Crippen LogP contribution is -2.26. The number of carbonyl (C=O) groups is 1. The van der Waals surface area contributed by atoms with Gasteiger partial charge in [0.2, 0.25) is 0 Å². The molecule has 0 aliphatic carbocycles. The zero-order valence-corrected chi connectivity index (χ0v) is 12.8. The van der Waals surface area contributed by atoms with Gasteiger partial charge in [0.15, 0.2) is 0 Å². The molecular weight excluding hydrogens is 315 g/mol. The van der Waals surface area contributed by atoms with Gasteiger partial charge in [-0.1, -0.05) is 35.3 Å². The summed E-state index contributed by atoms with van der Waals surface area (Å²) < 4.78 is 0.853. The van der Waals surface area contributed by atoms with E-state index in [4.69, 9.17) is 28.5 Å². The van der Waals surface area contributed by atoms with E-state index in [1.807, 2.05) is 19.1 Å². The summed E-state index contributed by atoms with van der Waals surface area (Å²) in [5.74, 6) is -0.269. The van der Waals surface area contributed by atoms with Gasteiger partial charge >= 0.3 is 0 Å². The molecule has 0 saturated heterocycles. The first-order valence-corrected chi connectivity index (χ1v) is 7.34. The van der Waals surface area contributed by atoms with Gasteiger partial charge < -0.3 is 5.32 Å². The number of halogens is 2. The van der Waals surface area contributed by atoms with Gasteiger partial charge in [-0.3, -0.25) is 4.79 Å². The Balaban J connectivity index is 2.11. The summed E-state index contributed by atoms with van der Waals surface area (Å²) in [6.07, 6.45) is 0. The highest BCUT2D eigenvalue weighted by atomic mass is 35.5. The van der Waals surface area contributed by atoms with Crippen LogP contribution in [0.25, 0.3) is 0 Å². The molecule has 102 valence electrons. The largest absolute Gasteiger partial charge is 0.345 e. The molecule has 1 amide bonds. The quantitative estimate of drug-likeness (QED) is 0.908. The van der Waals surface area contributed by atoms with E-state index >= 15 is 0 Å². The number of benzene rings is 1. The number of thiophene rings is 1. The number of hydrogen-bond donors (Lipinski definition) is 1. The van der Waals surface area contributed by atoms with Crippen LogP contribution >= 0.6 is 34.5 Å². The molecule has 20 heavy (non-hydrogen) atoms. The van der Waals surface area contributed by atoms with Crippen LogP contribution in [0.5, 0.6) is 0 Å². The van der Waals surface area contributed by atoms with Gasteiger partial charge in [0.25, 0.3) is 5.91 Å². The monoisotopic (exact) mass is 324 g/mol. The molecule has 0 radical (unpaired) electrons. The molecule has 1 N–H and O–H groups in total. The van der Waals surface area contributed by atoms with Crippen molar-refractivity contribution in [2.24, 2.45) is 0 Å². The predicted molar refractivity (Wildman–Crippen MR) is 81.4 cm³/mol. The Labute approximate surface area is 130 Å². The molecule has 0 aliphatic heterocycles. The van der Waals surface area contributed by atoms with Crippen molar-refractivity contribution in [2.75, 3.05) is 0 Å². The lowest BCUT2D eigenvalue weighted by molar-refractivity contribution is 0.0940. The highest BCUT2D eigenvalue weighted by Gasteiger charge is 2.16. The van der Waals surface area contributed by atoms with Crippen molar-refractivity contribution in [1.29, 1.82) is 5.26 Å². The maximum atomic E-state index is 12.1. The van der Waals surface area contributed by atoms with Crippen LogP contribution in [0.4, 0.5) is 0 Å². The Hall–Kier alpha value is -1.54. The summed E-state index contributed by atoms with van der Waals surface area (Å²) in [5, 5.41) is 11.6. The molecule has 1 heterocycles. The van der Waals surface area contributed by atoms with E-state index in [9.17, 15) is 4.79 Å². The maximum Gasteiger partial charge on any atom is 0.254 e. The zero-order valence-electron chi connectivity index (χ0n) is 10.5. The second-order valence-corrected chi connectivity index (χ2v) is 6.45. The van der Waals surface area contributed by atoms with Crippen LogP contribution in [0, 0.1) is 11.3 Å². The fourth-order valence-electron chi connectivity index (χ4n) is 1.70. The Morgan fingerprint density at radius 1 is 1.35 bits per heavy atom. The Kier molecular flexibility index (Phi) is 4.66. The summed E-state index contributed by atoms with van der Waals surface area (Å²) >= 11 is 12.9. The number of nitriles is 1. The third-order valence-corrected chi connectivity index (χ3v) is 4.28. The number of nitrogens with zero attached hydrogens (tertiary/aromatic N) is 1. The first-order chi connectivity index (χ1) is 9.51. The van der Waals surface area contributed by atoms with E-state index < -0.39 is 0 Å². The van der Waals surface area contributed by atoms with Gasteiger partial charge in [-0.2, -0.15) is 5.26 Å². The second kappa shape index (κ2) is 6.27. The minimum atomic E-state index is -0.269. The maximum absolute atomic E-state index is 12.1. The molecule has 0 aliphatic rings. The number of rotatable bonds is 3. The Morgan fingerprint density at radius 3 is 2.50 bits per heavy atom. The first-order valence-electron chi connectivity index (χ1n) is 5.77. The molecular formula is C14H10Cl2N2OS. The van der Waals surface area contributed by atoms with Crippen LogP contribution in [0.15, 0.2) is 30.3 Å². The number of carbonyl (C=O) groups excluding carboxylic acids is 1. The molecule has 0 bridgehead atoms. The Bertz CT molecular complexity index is 673. The van der Waals surface area contributed by atoms with Gasteiger partial charge in [0.1, 0.15) is 4.34 Å². The highest BCUT2D eigenvalue weighted by molar-refractivity contribution is 7.20. The smallest absolute Gasteiger partial charge is 0.254 e. The number of hydrogen-bond acceptors (Lipinski definition) is 3. The van der Waals surface area contributed by atoms with E-state index in [0.29, 0.717) is 19.8 Å². The molecule has 2 rings (SSSR count). The molecule has 0 saturated carbocycles. The lowest BCUT2D eigenvalue weighted by Gasteiger charge is -2.14. The molecule has 2 aromatic rings. The van der Waals surface area contributed by atoms with Crippen molar-refractivity contribution in [2.45, 2.75) is 13.0 Å². The molecule has 0 spiro atoms. The minimum Gasteiger partial charge on any atom is -0.345 e. The molecule has 3 nitrogen and oxygen atoms in total. The van der Waals surface area contributed by atoms with Gasteiger partial charge in [-0.05, 0) is 30.7 Å². The van der Waals surface area contributed by atoms with Gasteiger partial charge in [-0.25, -0.2) is 0 Å². The van der Waals surface area contributed by atoms with Crippen LogP contribution in [0.2, 0.25) is 8.67 Å². The van der Waals surface area contributed by atoms with Crippen LogP contribution < -0.4 is 5.32 Å². The van der Waals surface area contributed by atoms with Crippen LogP contribution in [-0.2, 0) is 0 Å². The van der Waals surface area contributed by atoms with Crippen LogP contribution in [0.1, 0.15) is 34.5 Å². The van der Waals surface area contributed by atoms with E-state index in [-0.39, 0.29) is 11.9 Å². The molecule has 6 heteroatoms. The van der Waals surface area contributed by atoms with Gasteiger partial charge in [0.05, 0.1) is 27.6 Å². The number of amides is 1. The normalized spacial score (nSPS) is 11.7. The van der Waals surface area contributed by atoms with Crippen molar-refractivity contribution in [3.8, 4) is 6.07 Å². The van der Waals surface area contributed by atoms with Crippen molar-refractivity contribution >= 4 is 40.4 Å².